The van der Waals surface area contributed by atoms with Gasteiger partial charge in [-0.05, 0) is 86.9 Å². The predicted octanol–water partition coefficient (Wildman–Crippen LogP) is 3.70. The molecule has 4 aliphatic carbocycles. The number of hydrogen-bond donors (Lipinski definition) is 2. The van der Waals surface area contributed by atoms with Gasteiger partial charge in [-0.1, -0.05) is 13.8 Å². The van der Waals surface area contributed by atoms with Gasteiger partial charge in [-0.3, -0.25) is 0 Å². The van der Waals surface area contributed by atoms with Crippen molar-refractivity contribution in [2.24, 2.45) is 45.4 Å². The van der Waals surface area contributed by atoms with Crippen molar-refractivity contribution in [1.82, 2.24) is 0 Å². The Morgan fingerprint density at radius 1 is 1.05 bits per heavy atom. The van der Waals surface area contributed by atoms with Gasteiger partial charge >= 0.3 is 0 Å². The summed E-state index contributed by atoms with van der Waals surface area (Å²) in [6.45, 7) is 4.99. The van der Waals surface area contributed by atoms with Crippen molar-refractivity contribution in [2.75, 3.05) is 0 Å². The minimum atomic E-state index is -0.0362. The first-order chi connectivity index (χ1) is 10.5. The monoisotopic (exact) mass is 304 g/mol. The van der Waals surface area contributed by atoms with Crippen molar-refractivity contribution in [3.05, 3.63) is 0 Å². The molecule has 7 atom stereocenters. The van der Waals surface area contributed by atoms with E-state index < -0.39 is 0 Å². The van der Waals surface area contributed by atoms with E-state index in [4.69, 9.17) is 5.84 Å². The molecule has 22 heavy (non-hydrogen) atoms. The fourth-order valence-corrected chi connectivity index (χ4v) is 7.24. The number of aliphatic hydroxyl groups is 1. The van der Waals surface area contributed by atoms with E-state index in [0.29, 0.717) is 5.41 Å². The minimum Gasteiger partial charge on any atom is -0.393 e. The van der Waals surface area contributed by atoms with Gasteiger partial charge in [-0.15, -0.1) is 0 Å². The van der Waals surface area contributed by atoms with Crippen molar-refractivity contribution < 1.29 is 5.11 Å². The molecule has 0 heterocycles. The van der Waals surface area contributed by atoms with Gasteiger partial charge in [-0.2, -0.15) is 5.10 Å². The maximum atomic E-state index is 10.1. The number of nitrogens with two attached hydrogens (primary N) is 1. The molecule has 0 aliphatic heterocycles. The van der Waals surface area contributed by atoms with Gasteiger partial charge in [0.15, 0.2) is 0 Å². The summed E-state index contributed by atoms with van der Waals surface area (Å²) >= 11 is 0. The van der Waals surface area contributed by atoms with E-state index in [9.17, 15) is 5.11 Å². The lowest BCUT2D eigenvalue weighted by molar-refractivity contribution is -0.113. The van der Waals surface area contributed by atoms with E-state index in [2.05, 4.69) is 18.9 Å². The van der Waals surface area contributed by atoms with Gasteiger partial charge in [0.1, 0.15) is 0 Å². The van der Waals surface area contributed by atoms with E-state index >= 15 is 0 Å². The van der Waals surface area contributed by atoms with Crippen LogP contribution in [-0.2, 0) is 0 Å². The van der Waals surface area contributed by atoms with E-state index in [0.717, 1.165) is 42.9 Å². The summed E-state index contributed by atoms with van der Waals surface area (Å²) in [6, 6.07) is 0. The highest BCUT2D eigenvalue weighted by atomic mass is 16.3. The Labute approximate surface area is 134 Å². The summed E-state index contributed by atoms with van der Waals surface area (Å²) in [5, 5.41) is 14.3. The van der Waals surface area contributed by atoms with Crippen LogP contribution in [0.15, 0.2) is 5.10 Å². The molecular formula is C19H32N2O. The van der Waals surface area contributed by atoms with Crippen LogP contribution in [0.5, 0.6) is 0 Å². The average molecular weight is 304 g/mol. The topological polar surface area (TPSA) is 58.6 Å². The first-order valence-electron chi connectivity index (χ1n) is 9.44. The summed E-state index contributed by atoms with van der Waals surface area (Å²) < 4.78 is 0. The van der Waals surface area contributed by atoms with E-state index in [1.54, 1.807) is 0 Å². The molecule has 0 aromatic rings. The van der Waals surface area contributed by atoms with E-state index in [1.165, 1.54) is 44.2 Å². The van der Waals surface area contributed by atoms with Gasteiger partial charge in [0.25, 0.3) is 0 Å². The van der Waals surface area contributed by atoms with Gasteiger partial charge in [0.05, 0.1) is 6.10 Å². The van der Waals surface area contributed by atoms with Crippen LogP contribution in [0.25, 0.3) is 0 Å². The lowest BCUT2D eigenvalue weighted by Gasteiger charge is -2.60. The van der Waals surface area contributed by atoms with Gasteiger partial charge in [-0.25, -0.2) is 0 Å². The molecule has 4 fully saturated rings. The molecule has 0 bridgehead atoms. The zero-order valence-electron chi connectivity index (χ0n) is 14.2. The van der Waals surface area contributed by atoms with Crippen molar-refractivity contribution in [2.45, 2.75) is 77.7 Å². The number of hydrazone groups is 1. The van der Waals surface area contributed by atoms with Gasteiger partial charge in [0.2, 0.25) is 0 Å². The smallest absolute Gasteiger partial charge is 0.0543 e. The second kappa shape index (κ2) is 4.96. The van der Waals surface area contributed by atoms with E-state index in [-0.39, 0.29) is 11.5 Å². The zero-order chi connectivity index (χ0) is 15.5. The number of nitrogens with zero attached hydrogens (tertiary/aromatic N) is 1. The Morgan fingerprint density at radius 3 is 2.64 bits per heavy atom. The van der Waals surface area contributed by atoms with Crippen molar-refractivity contribution in [3.63, 3.8) is 0 Å². The summed E-state index contributed by atoms with van der Waals surface area (Å²) in [6.07, 6.45) is 11.0. The molecule has 3 N–H and O–H groups in total. The molecule has 0 aromatic carbocycles. The van der Waals surface area contributed by atoms with Crippen LogP contribution in [0.1, 0.15) is 71.6 Å². The van der Waals surface area contributed by atoms with Crippen molar-refractivity contribution in [1.29, 1.82) is 0 Å². The van der Waals surface area contributed by atoms with Gasteiger partial charge < -0.3 is 10.9 Å². The third-order valence-electron chi connectivity index (χ3n) is 8.53. The highest BCUT2D eigenvalue weighted by molar-refractivity contribution is 5.92. The Hall–Kier alpha value is -0.570. The maximum absolute atomic E-state index is 10.1. The second-order valence-electron chi connectivity index (χ2n) is 9.16. The first-order valence-corrected chi connectivity index (χ1v) is 9.44. The Kier molecular flexibility index (Phi) is 3.38. The van der Waals surface area contributed by atoms with Crippen LogP contribution in [0.3, 0.4) is 0 Å². The summed E-state index contributed by atoms with van der Waals surface area (Å²) in [5.74, 6) is 9.00. The molecule has 0 spiro atoms. The molecule has 0 aromatic heterocycles. The Morgan fingerprint density at radius 2 is 1.86 bits per heavy atom. The molecular weight excluding hydrogens is 272 g/mol. The Bertz CT molecular complexity index is 490. The fourth-order valence-electron chi connectivity index (χ4n) is 7.24. The van der Waals surface area contributed by atoms with Crippen LogP contribution in [0.2, 0.25) is 0 Å². The molecule has 3 heteroatoms. The number of fused-ring (bicyclic) bond motifs is 5. The standard InChI is InChI=1S/C19H32N2O/c1-18-9-7-13(22)11-12(18)3-4-14-15-5-6-17(21-20)19(15,2)10-8-16(14)18/h12-16,22H,3-11,20H2,1-2H3/b21-17+/t12-,13-,14+,15-,16+,18-,19-/m0/s1. The summed E-state index contributed by atoms with van der Waals surface area (Å²) in [4.78, 5) is 0. The predicted molar refractivity (Wildman–Crippen MR) is 89.4 cm³/mol. The molecule has 3 nitrogen and oxygen atoms in total. The summed E-state index contributed by atoms with van der Waals surface area (Å²) in [5.41, 5.74) is 2.06. The largest absolute Gasteiger partial charge is 0.393 e. The molecule has 0 unspecified atom stereocenters. The molecule has 4 aliphatic rings. The van der Waals surface area contributed by atoms with Crippen LogP contribution in [-0.4, -0.2) is 16.9 Å². The molecule has 0 amide bonds. The quantitative estimate of drug-likeness (QED) is 0.529. The average Bonchev–Trinajstić information content (AvgIpc) is 2.84. The fraction of sp³-hybridized carbons (Fsp3) is 0.947. The van der Waals surface area contributed by atoms with Crippen LogP contribution in [0.4, 0.5) is 0 Å². The van der Waals surface area contributed by atoms with Crippen LogP contribution < -0.4 is 5.84 Å². The molecule has 0 saturated heterocycles. The van der Waals surface area contributed by atoms with Gasteiger partial charge in [0, 0.05) is 11.1 Å². The van der Waals surface area contributed by atoms with Crippen LogP contribution in [0, 0.1) is 34.5 Å². The first kappa shape index (κ1) is 15.0. The SMILES string of the molecule is C[C@]12CC[C@H](O)C[C@@H]1CC[C@H]1[C@H]2CC[C@]2(C)/C(=N/N)CC[C@@H]12. The molecule has 124 valence electrons. The number of hydrogen-bond acceptors (Lipinski definition) is 3. The maximum Gasteiger partial charge on any atom is 0.0543 e. The van der Waals surface area contributed by atoms with Crippen molar-refractivity contribution >= 4 is 5.71 Å². The lowest BCUT2D eigenvalue weighted by atomic mass is 9.45. The third kappa shape index (κ3) is 1.87. The Balaban J connectivity index is 1.63. The third-order valence-corrected chi connectivity index (χ3v) is 8.53. The summed E-state index contributed by atoms with van der Waals surface area (Å²) in [7, 11) is 0. The number of aliphatic hydroxyl groups excluding tert-OH is 1. The highest BCUT2D eigenvalue weighted by Crippen LogP contribution is 2.65. The lowest BCUT2D eigenvalue weighted by Crippen LogP contribution is -2.54. The normalized spacial score (nSPS) is 56.3. The number of rotatable bonds is 0. The molecule has 4 rings (SSSR count). The highest BCUT2D eigenvalue weighted by Gasteiger charge is 2.59. The zero-order valence-corrected chi connectivity index (χ0v) is 14.2. The minimum absolute atomic E-state index is 0.0362. The van der Waals surface area contributed by atoms with E-state index in [1.807, 2.05) is 0 Å². The van der Waals surface area contributed by atoms with Crippen LogP contribution >= 0.6 is 0 Å². The van der Waals surface area contributed by atoms with Crippen molar-refractivity contribution in [3.8, 4) is 0 Å². The second-order valence-corrected chi connectivity index (χ2v) is 9.16. The molecule has 0 radical (unpaired) electrons. The molecule has 4 saturated carbocycles.